The highest BCUT2D eigenvalue weighted by Gasteiger charge is 2.56. The van der Waals surface area contributed by atoms with Gasteiger partial charge in [-0.15, -0.1) is 0 Å². The molecule has 1 aromatic rings. The lowest BCUT2D eigenvalue weighted by Crippen LogP contribution is -2.42. The highest BCUT2D eigenvalue weighted by Crippen LogP contribution is 2.46. The molecule has 5 nitrogen and oxygen atoms in total. The summed E-state index contributed by atoms with van der Waals surface area (Å²) in [5.74, 6) is -0.379. The van der Waals surface area contributed by atoms with E-state index in [2.05, 4.69) is 10.6 Å². The smallest absolute Gasteiger partial charge is 0.240 e. The SMILES string of the molecule is Cc1cccc(NC(=O)C2(C(=O)NCC3CCCO3)CC2)c1. The fourth-order valence-corrected chi connectivity index (χ4v) is 2.84. The number of hydrogen-bond donors (Lipinski definition) is 2. The average molecular weight is 302 g/mol. The quantitative estimate of drug-likeness (QED) is 0.818. The van der Waals surface area contributed by atoms with Gasteiger partial charge in [0.05, 0.1) is 6.10 Å². The van der Waals surface area contributed by atoms with Gasteiger partial charge in [-0.1, -0.05) is 12.1 Å². The summed E-state index contributed by atoms with van der Waals surface area (Å²) < 4.78 is 5.49. The first kappa shape index (κ1) is 15.0. The van der Waals surface area contributed by atoms with Crippen molar-refractivity contribution in [3.8, 4) is 0 Å². The van der Waals surface area contributed by atoms with Crippen LogP contribution in [0.1, 0.15) is 31.2 Å². The number of carbonyl (C=O) groups is 2. The van der Waals surface area contributed by atoms with Gasteiger partial charge in [-0.3, -0.25) is 9.59 Å². The van der Waals surface area contributed by atoms with Crippen LogP contribution >= 0.6 is 0 Å². The molecule has 2 aliphatic rings. The zero-order chi connectivity index (χ0) is 15.6. The normalized spacial score (nSPS) is 22.1. The molecule has 118 valence electrons. The van der Waals surface area contributed by atoms with Gasteiger partial charge in [-0.05, 0) is 50.3 Å². The Hall–Kier alpha value is -1.88. The Labute approximate surface area is 130 Å². The predicted molar refractivity (Wildman–Crippen MR) is 83.5 cm³/mol. The molecule has 2 amide bonds. The summed E-state index contributed by atoms with van der Waals surface area (Å²) in [7, 11) is 0. The minimum Gasteiger partial charge on any atom is -0.376 e. The zero-order valence-electron chi connectivity index (χ0n) is 12.9. The van der Waals surface area contributed by atoms with Crippen LogP contribution in [-0.2, 0) is 14.3 Å². The van der Waals surface area contributed by atoms with E-state index in [9.17, 15) is 9.59 Å². The summed E-state index contributed by atoms with van der Waals surface area (Å²) in [4.78, 5) is 24.8. The Kier molecular flexibility index (Phi) is 4.16. The van der Waals surface area contributed by atoms with Crippen molar-refractivity contribution in [2.24, 2.45) is 5.41 Å². The molecule has 0 spiro atoms. The van der Waals surface area contributed by atoms with Crippen molar-refractivity contribution in [2.45, 2.75) is 38.7 Å². The van der Waals surface area contributed by atoms with E-state index in [1.54, 1.807) is 0 Å². The van der Waals surface area contributed by atoms with Crippen LogP contribution in [0.3, 0.4) is 0 Å². The third kappa shape index (κ3) is 3.14. The molecule has 2 N–H and O–H groups in total. The topological polar surface area (TPSA) is 67.4 Å². The molecule has 1 heterocycles. The second kappa shape index (κ2) is 6.08. The molecule has 22 heavy (non-hydrogen) atoms. The Morgan fingerprint density at radius 1 is 1.32 bits per heavy atom. The lowest BCUT2D eigenvalue weighted by atomic mass is 10.0. The van der Waals surface area contributed by atoms with Gasteiger partial charge in [0.1, 0.15) is 5.41 Å². The molecular weight excluding hydrogens is 280 g/mol. The largest absolute Gasteiger partial charge is 0.376 e. The third-order valence-electron chi connectivity index (χ3n) is 4.41. The molecule has 0 aromatic heterocycles. The summed E-state index contributed by atoms with van der Waals surface area (Å²) in [6, 6.07) is 7.60. The predicted octanol–water partition coefficient (Wildman–Crippen LogP) is 2.01. The maximum Gasteiger partial charge on any atom is 0.240 e. The number of anilines is 1. The molecule has 1 unspecified atom stereocenters. The second-order valence-electron chi connectivity index (χ2n) is 6.25. The highest BCUT2D eigenvalue weighted by atomic mass is 16.5. The van der Waals surface area contributed by atoms with E-state index < -0.39 is 5.41 Å². The van der Waals surface area contributed by atoms with Crippen LogP contribution in [0.15, 0.2) is 24.3 Å². The molecule has 1 saturated heterocycles. The Bertz CT molecular complexity index is 575. The van der Waals surface area contributed by atoms with Gasteiger partial charge in [-0.25, -0.2) is 0 Å². The van der Waals surface area contributed by atoms with Crippen LogP contribution in [0.25, 0.3) is 0 Å². The summed E-state index contributed by atoms with van der Waals surface area (Å²) in [6.07, 6.45) is 3.34. The number of carbonyl (C=O) groups excluding carboxylic acids is 2. The number of rotatable bonds is 5. The van der Waals surface area contributed by atoms with Crippen molar-refractivity contribution >= 4 is 17.5 Å². The van der Waals surface area contributed by atoms with Gasteiger partial charge in [0.25, 0.3) is 0 Å². The number of benzene rings is 1. The van der Waals surface area contributed by atoms with Gasteiger partial charge in [0.15, 0.2) is 0 Å². The van der Waals surface area contributed by atoms with Crippen LogP contribution in [0, 0.1) is 12.3 Å². The van der Waals surface area contributed by atoms with E-state index in [-0.39, 0.29) is 17.9 Å². The third-order valence-corrected chi connectivity index (χ3v) is 4.41. The molecule has 2 fully saturated rings. The molecular formula is C17H22N2O3. The van der Waals surface area contributed by atoms with Crippen molar-refractivity contribution in [3.05, 3.63) is 29.8 Å². The maximum absolute atomic E-state index is 12.4. The summed E-state index contributed by atoms with van der Waals surface area (Å²) in [5, 5.41) is 5.74. The molecule has 1 aromatic carbocycles. The first-order chi connectivity index (χ1) is 10.6. The number of aryl methyl sites for hydroxylation is 1. The van der Waals surface area contributed by atoms with E-state index in [0.717, 1.165) is 30.7 Å². The monoisotopic (exact) mass is 302 g/mol. The van der Waals surface area contributed by atoms with Crippen LogP contribution < -0.4 is 10.6 Å². The maximum atomic E-state index is 12.4. The number of amides is 2. The van der Waals surface area contributed by atoms with Gasteiger partial charge < -0.3 is 15.4 Å². The first-order valence-electron chi connectivity index (χ1n) is 7.88. The lowest BCUT2D eigenvalue weighted by molar-refractivity contribution is -0.134. The molecule has 1 aliphatic carbocycles. The van der Waals surface area contributed by atoms with Gasteiger partial charge >= 0.3 is 0 Å². The summed E-state index contributed by atoms with van der Waals surface area (Å²) in [5.41, 5.74) is 0.927. The van der Waals surface area contributed by atoms with E-state index in [1.165, 1.54) is 0 Å². The number of nitrogens with one attached hydrogen (secondary N) is 2. The lowest BCUT2D eigenvalue weighted by Gasteiger charge is -2.17. The Morgan fingerprint density at radius 3 is 2.77 bits per heavy atom. The number of hydrogen-bond acceptors (Lipinski definition) is 3. The minimum atomic E-state index is -0.887. The molecule has 3 rings (SSSR count). The summed E-state index contributed by atoms with van der Waals surface area (Å²) in [6.45, 7) is 3.23. The van der Waals surface area contributed by atoms with E-state index >= 15 is 0 Å². The van der Waals surface area contributed by atoms with Crippen LogP contribution in [0.2, 0.25) is 0 Å². The Morgan fingerprint density at radius 2 is 2.14 bits per heavy atom. The standard InChI is InChI=1S/C17H22N2O3/c1-12-4-2-5-13(10-12)19-16(21)17(7-8-17)15(20)18-11-14-6-3-9-22-14/h2,4-5,10,14H,3,6-9,11H2,1H3,(H,18,20)(H,19,21). The summed E-state index contributed by atoms with van der Waals surface area (Å²) >= 11 is 0. The van der Waals surface area contributed by atoms with Crippen molar-refractivity contribution < 1.29 is 14.3 Å². The van der Waals surface area contributed by atoms with Gasteiger partial charge in [0, 0.05) is 18.8 Å². The van der Waals surface area contributed by atoms with Crippen molar-refractivity contribution in [1.82, 2.24) is 5.32 Å². The zero-order valence-corrected chi connectivity index (χ0v) is 12.9. The van der Waals surface area contributed by atoms with Crippen LogP contribution in [-0.4, -0.2) is 31.1 Å². The molecule has 0 bridgehead atoms. The van der Waals surface area contributed by atoms with Crippen molar-refractivity contribution in [1.29, 1.82) is 0 Å². The van der Waals surface area contributed by atoms with Crippen LogP contribution in [0.4, 0.5) is 5.69 Å². The molecule has 1 saturated carbocycles. The fourth-order valence-electron chi connectivity index (χ4n) is 2.84. The second-order valence-corrected chi connectivity index (χ2v) is 6.25. The highest BCUT2D eigenvalue weighted by molar-refractivity contribution is 6.13. The van der Waals surface area contributed by atoms with Gasteiger partial charge in [0.2, 0.25) is 11.8 Å². The van der Waals surface area contributed by atoms with Crippen molar-refractivity contribution in [3.63, 3.8) is 0 Å². The average Bonchev–Trinajstić information content (AvgIpc) is 3.15. The first-order valence-corrected chi connectivity index (χ1v) is 7.88. The van der Waals surface area contributed by atoms with E-state index in [1.807, 2.05) is 31.2 Å². The van der Waals surface area contributed by atoms with E-state index in [4.69, 9.17) is 4.74 Å². The fraction of sp³-hybridized carbons (Fsp3) is 0.529. The molecule has 1 aliphatic heterocycles. The van der Waals surface area contributed by atoms with Crippen LogP contribution in [0.5, 0.6) is 0 Å². The van der Waals surface area contributed by atoms with E-state index in [0.29, 0.717) is 19.4 Å². The van der Waals surface area contributed by atoms with Crippen molar-refractivity contribution in [2.75, 3.05) is 18.5 Å². The van der Waals surface area contributed by atoms with Gasteiger partial charge in [-0.2, -0.15) is 0 Å². The molecule has 1 atom stereocenters. The number of ether oxygens (including phenoxy) is 1. The molecule has 0 radical (unpaired) electrons. The molecule has 5 heteroatoms. The minimum absolute atomic E-state index is 0.0968. The Balaban J connectivity index is 1.57.